The number of hydrogen-bond donors (Lipinski definition) is 1. The van der Waals surface area contributed by atoms with Crippen molar-refractivity contribution in [1.29, 1.82) is 0 Å². The maximum absolute atomic E-state index is 13.4. The summed E-state index contributed by atoms with van der Waals surface area (Å²) >= 11 is 12.2. The van der Waals surface area contributed by atoms with Gasteiger partial charge in [-0.3, -0.25) is 9.59 Å². The number of hydrogen-bond acceptors (Lipinski definition) is 7. The minimum absolute atomic E-state index is 0.225. The summed E-state index contributed by atoms with van der Waals surface area (Å²) in [5, 5.41) is 4.74. The Morgan fingerprint density at radius 1 is 0.952 bits per heavy atom. The summed E-state index contributed by atoms with van der Waals surface area (Å²) < 4.78 is 5.95. The number of nitrogens with zero attached hydrogens (tertiary/aromatic N) is 5. The molecule has 3 aromatic carbocycles. The standard InChI is InChI=1S/C31H32Cl2N6O3/c1-37(2)31(41)28(14-20-5-4-6-24(13-20)42-25-17-22(32)16-23(33)18-25)36-30(40)21-7-8-26-27(15-21)34-19-35-29(26)39-11-9-38(3)10-12-39/h4-8,13,15-19,28H,9-12,14H2,1-3H3,(H,36,40). The van der Waals surface area contributed by atoms with E-state index in [1.807, 2.05) is 24.3 Å². The largest absolute Gasteiger partial charge is 0.457 e. The van der Waals surface area contributed by atoms with Crippen LogP contribution in [-0.2, 0) is 11.2 Å². The second-order valence-electron chi connectivity index (χ2n) is 10.5. The van der Waals surface area contributed by atoms with Gasteiger partial charge in [0.2, 0.25) is 5.91 Å². The fraction of sp³-hybridized carbons (Fsp3) is 0.290. The molecule has 1 aromatic heterocycles. The summed E-state index contributed by atoms with van der Waals surface area (Å²) in [6.45, 7) is 3.66. The van der Waals surface area contributed by atoms with Gasteiger partial charge in [-0.25, -0.2) is 9.97 Å². The van der Waals surface area contributed by atoms with Crippen molar-refractivity contribution in [3.63, 3.8) is 0 Å². The van der Waals surface area contributed by atoms with Gasteiger partial charge in [-0.2, -0.15) is 0 Å². The van der Waals surface area contributed by atoms with Crippen LogP contribution in [0.1, 0.15) is 15.9 Å². The number of amides is 2. The van der Waals surface area contributed by atoms with E-state index < -0.39 is 6.04 Å². The van der Waals surface area contributed by atoms with E-state index in [0.29, 0.717) is 32.6 Å². The number of carbonyl (C=O) groups excluding carboxylic acids is 2. The van der Waals surface area contributed by atoms with E-state index in [2.05, 4.69) is 32.1 Å². The maximum Gasteiger partial charge on any atom is 0.252 e. The first-order chi connectivity index (χ1) is 20.2. The van der Waals surface area contributed by atoms with Crippen LogP contribution in [-0.4, -0.2) is 84.9 Å². The van der Waals surface area contributed by atoms with Gasteiger partial charge >= 0.3 is 0 Å². The molecule has 0 spiro atoms. The first-order valence-electron chi connectivity index (χ1n) is 13.6. The van der Waals surface area contributed by atoms with Crippen LogP contribution in [0.15, 0.2) is 67.0 Å². The molecule has 4 aromatic rings. The number of benzene rings is 3. The molecule has 11 heteroatoms. The highest BCUT2D eigenvalue weighted by molar-refractivity contribution is 6.34. The van der Waals surface area contributed by atoms with Gasteiger partial charge in [-0.1, -0.05) is 35.3 Å². The van der Waals surface area contributed by atoms with Crippen molar-refractivity contribution >= 4 is 51.7 Å². The topological polar surface area (TPSA) is 90.9 Å². The lowest BCUT2D eigenvalue weighted by Crippen LogP contribution is -2.47. The molecule has 1 atom stereocenters. The van der Waals surface area contributed by atoms with E-state index in [-0.39, 0.29) is 18.2 Å². The first-order valence-corrected chi connectivity index (χ1v) is 14.3. The molecule has 218 valence electrons. The number of likely N-dealkylation sites (N-methyl/N-ethyl adjacent to an activating group) is 2. The molecule has 1 unspecified atom stereocenters. The van der Waals surface area contributed by atoms with Crippen molar-refractivity contribution in [2.75, 3.05) is 52.2 Å². The van der Waals surface area contributed by atoms with Crippen molar-refractivity contribution < 1.29 is 14.3 Å². The second-order valence-corrected chi connectivity index (χ2v) is 11.4. The summed E-state index contributed by atoms with van der Waals surface area (Å²) in [6, 6.07) is 16.9. The van der Waals surface area contributed by atoms with Crippen LogP contribution in [0.25, 0.3) is 10.9 Å². The van der Waals surface area contributed by atoms with Crippen LogP contribution in [0.3, 0.4) is 0 Å². The fourth-order valence-electron chi connectivity index (χ4n) is 4.90. The minimum Gasteiger partial charge on any atom is -0.457 e. The molecule has 5 rings (SSSR count). The number of rotatable bonds is 8. The van der Waals surface area contributed by atoms with Gasteiger partial charge in [0.25, 0.3) is 5.91 Å². The molecule has 0 radical (unpaired) electrons. The van der Waals surface area contributed by atoms with E-state index in [9.17, 15) is 9.59 Å². The van der Waals surface area contributed by atoms with Crippen LogP contribution in [0, 0.1) is 0 Å². The number of carbonyl (C=O) groups is 2. The Bertz CT molecular complexity index is 1590. The zero-order valence-corrected chi connectivity index (χ0v) is 25.2. The molecule has 1 aliphatic rings. The lowest BCUT2D eigenvalue weighted by Gasteiger charge is -2.33. The molecular formula is C31H32Cl2N6O3. The van der Waals surface area contributed by atoms with E-state index in [1.54, 1.807) is 50.5 Å². The van der Waals surface area contributed by atoms with Crippen LogP contribution in [0.4, 0.5) is 5.82 Å². The van der Waals surface area contributed by atoms with Crippen molar-refractivity contribution in [2.45, 2.75) is 12.5 Å². The Labute approximate surface area is 255 Å². The van der Waals surface area contributed by atoms with E-state index in [0.717, 1.165) is 42.9 Å². The van der Waals surface area contributed by atoms with Crippen LogP contribution < -0.4 is 15.0 Å². The number of nitrogens with one attached hydrogen (secondary N) is 1. The van der Waals surface area contributed by atoms with Crippen LogP contribution in [0.2, 0.25) is 10.0 Å². The molecule has 1 fully saturated rings. The monoisotopic (exact) mass is 606 g/mol. The Morgan fingerprint density at radius 2 is 1.69 bits per heavy atom. The highest BCUT2D eigenvalue weighted by Gasteiger charge is 2.24. The smallest absolute Gasteiger partial charge is 0.252 e. The van der Waals surface area contributed by atoms with Gasteiger partial charge in [0.05, 0.1) is 5.52 Å². The Balaban J connectivity index is 1.34. The van der Waals surface area contributed by atoms with Crippen LogP contribution >= 0.6 is 23.2 Å². The lowest BCUT2D eigenvalue weighted by molar-refractivity contribution is -0.130. The molecule has 9 nitrogen and oxygen atoms in total. The van der Waals surface area contributed by atoms with E-state index in [1.165, 1.54) is 11.2 Å². The molecule has 2 amide bonds. The van der Waals surface area contributed by atoms with Crippen molar-refractivity contribution in [3.05, 3.63) is 88.2 Å². The molecular weight excluding hydrogens is 575 g/mol. The molecule has 42 heavy (non-hydrogen) atoms. The highest BCUT2D eigenvalue weighted by atomic mass is 35.5. The third-order valence-electron chi connectivity index (χ3n) is 7.13. The number of anilines is 1. The molecule has 0 bridgehead atoms. The summed E-state index contributed by atoms with van der Waals surface area (Å²) in [7, 11) is 5.43. The number of aromatic nitrogens is 2. The Morgan fingerprint density at radius 3 is 2.40 bits per heavy atom. The summed E-state index contributed by atoms with van der Waals surface area (Å²) in [5.41, 5.74) is 1.90. The highest BCUT2D eigenvalue weighted by Crippen LogP contribution is 2.29. The molecule has 0 aliphatic carbocycles. The molecule has 1 N–H and O–H groups in total. The van der Waals surface area contributed by atoms with Gasteiger partial charge in [-0.05, 0) is 61.1 Å². The number of piperazine rings is 1. The minimum atomic E-state index is -0.801. The normalized spacial score (nSPS) is 14.5. The fourth-order valence-corrected chi connectivity index (χ4v) is 5.41. The average Bonchev–Trinajstić information content (AvgIpc) is 2.96. The van der Waals surface area contributed by atoms with Crippen LogP contribution in [0.5, 0.6) is 11.5 Å². The third kappa shape index (κ3) is 7.10. The summed E-state index contributed by atoms with van der Waals surface area (Å²) in [5.74, 6) is 1.32. The SMILES string of the molecule is CN1CCN(c2ncnc3cc(C(=O)NC(Cc4cccc(Oc5cc(Cl)cc(Cl)c5)c4)C(=O)N(C)C)ccc23)CC1. The number of fused-ring (bicyclic) bond motifs is 1. The van der Waals surface area contributed by atoms with Gasteiger partial charge in [0.15, 0.2) is 0 Å². The summed E-state index contributed by atoms with van der Waals surface area (Å²) in [4.78, 5) is 41.5. The molecule has 0 saturated carbocycles. The first kappa shape index (κ1) is 29.6. The quantitative estimate of drug-likeness (QED) is 0.305. The maximum atomic E-state index is 13.4. The van der Waals surface area contributed by atoms with E-state index in [4.69, 9.17) is 27.9 Å². The zero-order valence-electron chi connectivity index (χ0n) is 23.7. The Hall–Kier alpha value is -3.92. The van der Waals surface area contributed by atoms with Crippen molar-refractivity contribution in [1.82, 2.24) is 25.1 Å². The second kappa shape index (κ2) is 12.9. The number of ether oxygens (including phenoxy) is 1. The summed E-state index contributed by atoms with van der Waals surface area (Å²) in [6.07, 6.45) is 1.79. The molecule has 1 aliphatic heterocycles. The van der Waals surface area contributed by atoms with Gasteiger partial charge in [0, 0.05) is 67.7 Å². The van der Waals surface area contributed by atoms with Gasteiger partial charge in [-0.15, -0.1) is 0 Å². The molecule has 2 heterocycles. The predicted molar refractivity (Wildman–Crippen MR) is 166 cm³/mol. The van der Waals surface area contributed by atoms with E-state index >= 15 is 0 Å². The van der Waals surface area contributed by atoms with Crippen molar-refractivity contribution in [3.8, 4) is 11.5 Å². The van der Waals surface area contributed by atoms with Gasteiger partial charge in [0.1, 0.15) is 29.7 Å². The number of halogens is 2. The zero-order chi connectivity index (χ0) is 29.8. The lowest BCUT2D eigenvalue weighted by atomic mass is 10.0. The average molecular weight is 608 g/mol. The Kier molecular flexibility index (Phi) is 9.11. The van der Waals surface area contributed by atoms with Crippen molar-refractivity contribution in [2.24, 2.45) is 0 Å². The van der Waals surface area contributed by atoms with Gasteiger partial charge < -0.3 is 24.8 Å². The third-order valence-corrected chi connectivity index (χ3v) is 7.57. The molecule has 1 saturated heterocycles. The predicted octanol–water partition coefficient (Wildman–Crippen LogP) is 4.91.